The minimum atomic E-state index is -0.104. The number of thioether (sulfide) groups is 1. The molecule has 0 saturated heterocycles. The van der Waals surface area contributed by atoms with Crippen LogP contribution in [0.4, 0.5) is 0 Å². The summed E-state index contributed by atoms with van der Waals surface area (Å²) in [6, 6.07) is 15.0. The molecular weight excluding hydrogens is 422 g/mol. The van der Waals surface area contributed by atoms with E-state index in [0.29, 0.717) is 29.1 Å². The zero-order valence-electron chi connectivity index (χ0n) is 18.4. The number of para-hydroxylation sites is 1. The van der Waals surface area contributed by atoms with Crippen molar-refractivity contribution >= 4 is 28.6 Å². The van der Waals surface area contributed by atoms with Gasteiger partial charge in [0.05, 0.1) is 30.3 Å². The van der Waals surface area contributed by atoms with E-state index in [0.717, 1.165) is 36.3 Å². The minimum Gasteiger partial charge on any atom is -0.497 e. The molecule has 2 aromatic carbocycles. The molecule has 0 saturated carbocycles. The minimum absolute atomic E-state index is 0.0454. The van der Waals surface area contributed by atoms with Crippen LogP contribution in [0.25, 0.3) is 10.9 Å². The van der Waals surface area contributed by atoms with Crippen molar-refractivity contribution in [3.63, 3.8) is 0 Å². The van der Waals surface area contributed by atoms with Crippen LogP contribution >= 0.6 is 11.8 Å². The fourth-order valence-electron chi connectivity index (χ4n) is 3.95. The van der Waals surface area contributed by atoms with E-state index in [2.05, 4.69) is 6.08 Å². The van der Waals surface area contributed by atoms with E-state index in [-0.39, 0.29) is 17.2 Å². The molecule has 6 nitrogen and oxygen atoms in total. The van der Waals surface area contributed by atoms with E-state index in [1.165, 1.54) is 11.8 Å². The van der Waals surface area contributed by atoms with Gasteiger partial charge in [0.25, 0.3) is 5.56 Å². The van der Waals surface area contributed by atoms with Gasteiger partial charge in [-0.1, -0.05) is 42.1 Å². The van der Waals surface area contributed by atoms with Crippen LogP contribution in [0.1, 0.15) is 31.7 Å². The summed E-state index contributed by atoms with van der Waals surface area (Å²) >= 11 is 1.32. The summed E-state index contributed by atoms with van der Waals surface area (Å²) in [5.74, 6) is 1.04. The van der Waals surface area contributed by atoms with Crippen LogP contribution in [0.5, 0.6) is 5.75 Å². The quantitative estimate of drug-likeness (QED) is 0.375. The van der Waals surface area contributed by atoms with Crippen molar-refractivity contribution in [2.75, 3.05) is 19.4 Å². The highest BCUT2D eigenvalue weighted by molar-refractivity contribution is 7.99. The van der Waals surface area contributed by atoms with E-state index in [1.807, 2.05) is 54.3 Å². The number of hydrogen-bond donors (Lipinski definition) is 0. The molecule has 7 heteroatoms. The molecule has 1 aliphatic rings. The van der Waals surface area contributed by atoms with Crippen molar-refractivity contribution < 1.29 is 9.53 Å². The number of carbonyl (C=O) groups is 1. The lowest BCUT2D eigenvalue weighted by Crippen LogP contribution is -2.31. The fourth-order valence-corrected chi connectivity index (χ4v) is 4.83. The lowest BCUT2D eigenvalue weighted by Gasteiger charge is -2.22. The van der Waals surface area contributed by atoms with Crippen LogP contribution in [-0.2, 0) is 11.3 Å². The first-order valence-electron chi connectivity index (χ1n) is 10.9. The second-order valence-electron chi connectivity index (χ2n) is 7.67. The average molecular weight is 450 g/mol. The van der Waals surface area contributed by atoms with Crippen molar-refractivity contribution in [2.24, 2.45) is 0 Å². The number of benzene rings is 2. The van der Waals surface area contributed by atoms with Crippen molar-refractivity contribution in [3.05, 3.63) is 76.2 Å². The van der Waals surface area contributed by atoms with Gasteiger partial charge in [-0.15, -0.1) is 0 Å². The molecule has 3 aromatic rings. The third-order valence-electron chi connectivity index (χ3n) is 5.63. The first-order chi connectivity index (χ1) is 15.6. The Labute approximate surface area is 191 Å². The van der Waals surface area contributed by atoms with Gasteiger partial charge in [-0.2, -0.15) is 0 Å². The summed E-state index contributed by atoms with van der Waals surface area (Å²) in [7, 11) is 1.62. The van der Waals surface area contributed by atoms with E-state index in [4.69, 9.17) is 9.72 Å². The fraction of sp³-hybridized carbons (Fsp3) is 0.320. The lowest BCUT2D eigenvalue weighted by molar-refractivity contribution is -0.126. The predicted octanol–water partition coefficient (Wildman–Crippen LogP) is 4.46. The Morgan fingerprint density at radius 1 is 1.19 bits per heavy atom. The Kier molecular flexibility index (Phi) is 6.95. The lowest BCUT2D eigenvalue weighted by atomic mass is 10.2. The number of hydrogen-bond acceptors (Lipinski definition) is 5. The molecule has 1 aliphatic carbocycles. The molecule has 0 N–H and O–H groups in total. The summed E-state index contributed by atoms with van der Waals surface area (Å²) in [6.45, 7) is 3.02. The molecule has 0 spiro atoms. The smallest absolute Gasteiger partial charge is 0.262 e. The highest BCUT2D eigenvalue weighted by Gasteiger charge is 2.20. The van der Waals surface area contributed by atoms with Crippen molar-refractivity contribution in [1.82, 2.24) is 14.5 Å². The maximum atomic E-state index is 13.3. The third kappa shape index (κ3) is 4.72. The molecule has 0 bridgehead atoms. The molecule has 1 heterocycles. The van der Waals surface area contributed by atoms with Crippen LogP contribution < -0.4 is 10.3 Å². The zero-order chi connectivity index (χ0) is 22.5. The summed E-state index contributed by atoms with van der Waals surface area (Å²) in [6.07, 6.45) is 5.22. The number of rotatable bonds is 8. The SMILES string of the molecule is CCN(C(=O)CSc1nc2ccccc2c(=O)n1Cc1ccc(OC)cc1)C1=CCCC1. The molecular formula is C25H27N3O3S. The number of allylic oxidation sites excluding steroid dienone is 2. The first-order valence-corrected chi connectivity index (χ1v) is 11.8. The van der Waals surface area contributed by atoms with E-state index < -0.39 is 0 Å². The number of methoxy groups -OCH3 is 1. The molecule has 0 aliphatic heterocycles. The first kappa shape index (κ1) is 22.1. The summed E-state index contributed by atoms with van der Waals surface area (Å²) in [4.78, 5) is 32.9. The Balaban J connectivity index is 1.63. The Morgan fingerprint density at radius 3 is 2.66 bits per heavy atom. The Hall–Kier alpha value is -3.06. The van der Waals surface area contributed by atoms with Gasteiger partial charge in [-0.25, -0.2) is 4.98 Å². The molecule has 0 unspecified atom stereocenters. The number of fused-ring (bicyclic) bond motifs is 1. The summed E-state index contributed by atoms with van der Waals surface area (Å²) in [5, 5.41) is 1.12. The van der Waals surface area contributed by atoms with Crippen LogP contribution in [-0.4, -0.2) is 39.8 Å². The maximum absolute atomic E-state index is 13.3. The monoisotopic (exact) mass is 449 g/mol. The van der Waals surface area contributed by atoms with Gasteiger partial charge in [-0.3, -0.25) is 14.2 Å². The van der Waals surface area contributed by atoms with Gasteiger partial charge in [0.1, 0.15) is 5.75 Å². The highest BCUT2D eigenvalue weighted by atomic mass is 32.2. The average Bonchev–Trinajstić information content (AvgIpc) is 3.35. The summed E-state index contributed by atoms with van der Waals surface area (Å²) in [5.41, 5.74) is 2.61. The Morgan fingerprint density at radius 2 is 1.97 bits per heavy atom. The Bertz CT molecular complexity index is 1200. The van der Waals surface area contributed by atoms with Crippen LogP contribution in [0.15, 0.2) is 70.3 Å². The normalized spacial score (nSPS) is 13.2. The second kappa shape index (κ2) is 10.0. The number of aromatic nitrogens is 2. The van der Waals surface area contributed by atoms with Crippen LogP contribution in [0.2, 0.25) is 0 Å². The summed E-state index contributed by atoms with van der Waals surface area (Å²) < 4.78 is 6.89. The van der Waals surface area contributed by atoms with Gasteiger partial charge in [0, 0.05) is 12.2 Å². The van der Waals surface area contributed by atoms with Gasteiger partial charge >= 0.3 is 0 Å². The number of nitrogens with zero attached hydrogens (tertiary/aromatic N) is 3. The predicted molar refractivity (Wildman–Crippen MR) is 128 cm³/mol. The van der Waals surface area contributed by atoms with E-state index in [9.17, 15) is 9.59 Å². The van der Waals surface area contributed by atoms with Gasteiger partial charge in [0.2, 0.25) is 5.91 Å². The molecule has 4 rings (SSSR count). The largest absolute Gasteiger partial charge is 0.497 e. The van der Waals surface area contributed by atoms with Gasteiger partial charge in [-0.05, 0) is 56.0 Å². The third-order valence-corrected chi connectivity index (χ3v) is 6.59. The zero-order valence-corrected chi connectivity index (χ0v) is 19.2. The highest BCUT2D eigenvalue weighted by Crippen LogP contribution is 2.24. The van der Waals surface area contributed by atoms with Gasteiger partial charge in [0.15, 0.2) is 5.16 Å². The molecule has 0 atom stereocenters. The maximum Gasteiger partial charge on any atom is 0.262 e. The van der Waals surface area contributed by atoms with Crippen molar-refractivity contribution in [3.8, 4) is 5.75 Å². The van der Waals surface area contributed by atoms with Crippen LogP contribution in [0.3, 0.4) is 0 Å². The molecule has 1 aromatic heterocycles. The van der Waals surface area contributed by atoms with E-state index in [1.54, 1.807) is 17.7 Å². The molecule has 0 radical (unpaired) electrons. The van der Waals surface area contributed by atoms with Crippen LogP contribution in [0, 0.1) is 0 Å². The molecule has 0 fully saturated rings. The molecule has 32 heavy (non-hydrogen) atoms. The topological polar surface area (TPSA) is 64.4 Å². The number of ether oxygens (including phenoxy) is 1. The number of carbonyl (C=O) groups excluding carboxylic acids is 1. The number of amides is 1. The van der Waals surface area contributed by atoms with Crippen molar-refractivity contribution in [1.29, 1.82) is 0 Å². The van der Waals surface area contributed by atoms with Gasteiger partial charge < -0.3 is 9.64 Å². The van der Waals surface area contributed by atoms with Crippen molar-refractivity contribution in [2.45, 2.75) is 37.9 Å². The molecule has 166 valence electrons. The van der Waals surface area contributed by atoms with E-state index >= 15 is 0 Å². The molecule has 1 amide bonds. The second-order valence-corrected chi connectivity index (χ2v) is 8.61. The standard InChI is InChI=1S/C25H27N3O3S/c1-3-27(19-8-4-5-9-19)23(29)17-32-25-26-22-11-7-6-10-21(22)24(30)28(25)16-18-12-14-20(31-2)15-13-18/h6-8,10-15H,3-5,9,16-17H2,1-2H3.